The van der Waals surface area contributed by atoms with Crippen molar-refractivity contribution in [3.05, 3.63) is 53.3 Å². The molecule has 2 aromatic rings. The minimum absolute atomic E-state index is 0.252. The van der Waals surface area contributed by atoms with Crippen molar-refractivity contribution in [1.29, 1.82) is 0 Å². The Labute approximate surface area is 126 Å². The van der Waals surface area contributed by atoms with Crippen LogP contribution in [-0.4, -0.2) is 15.6 Å². The summed E-state index contributed by atoms with van der Waals surface area (Å²) < 4.78 is 1.86. The van der Waals surface area contributed by atoms with Gasteiger partial charge in [-0.2, -0.15) is 5.10 Å². The summed E-state index contributed by atoms with van der Waals surface area (Å²) in [5, 5.41) is 4.45. The first-order valence-electron chi connectivity index (χ1n) is 7.76. The molecular weight excluding hydrogens is 260 g/mol. The number of aryl methyl sites for hydroxylation is 2. The highest BCUT2D eigenvalue weighted by Crippen LogP contribution is 2.45. The molecule has 1 saturated carbocycles. The number of carbonyl (C=O) groups excluding carboxylic acids is 1. The number of Topliss-reactive ketones (excluding diaryl/α,β-unsaturated/α-hetero) is 1. The van der Waals surface area contributed by atoms with Gasteiger partial charge in [0.05, 0.1) is 11.1 Å². The molecule has 21 heavy (non-hydrogen) atoms. The molecule has 0 unspecified atom stereocenters. The molecule has 1 aromatic carbocycles. The summed E-state index contributed by atoms with van der Waals surface area (Å²) in [5.74, 6) is 0.339. The molecule has 1 aliphatic carbocycles. The lowest BCUT2D eigenvalue weighted by molar-refractivity contribution is -0.127. The van der Waals surface area contributed by atoms with Crippen molar-refractivity contribution in [1.82, 2.24) is 9.78 Å². The predicted octanol–water partition coefficient (Wildman–Crippen LogP) is 3.22. The third kappa shape index (κ3) is 2.41. The van der Waals surface area contributed by atoms with Gasteiger partial charge in [0.25, 0.3) is 0 Å². The van der Waals surface area contributed by atoms with Crippen LogP contribution in [0.4, 0.5) is 0 Å². The van der Waals surface area contributed by atoms with Crippen LogP contribution in [0.15, 0.2) is 36.4 Å². The van der Waals surface area contributed by atoms with Crippen molar-refractivity contribution in [3.63, 3.8) is 0 Å². The molecule has 0 spiro atoms. The Morgan fingerprint density at radius 2 is 2.00 bits per heavy atom. The highest BCUT2D eigenvalue weighted by Gasteiger charge is 2.44. The van der Waals surface area contributed by atoms with E-state index in [1.54, 1.807) is 0 Å². The third-order valence-corrected chi connectivity index (χ3v) is 4.80. The van der Waals surface area contributed by atoms with Gasteiger partial charge in [0, 0.05) is 19.2 Å². The van der Waals surface area contributed by atoms with Gasteiger partial charge in [0.15, 0.2) is 0 Å². The van der Waals surface area contributed by atoms with Gasteiger partial charge in [-0.3, -0.25) is 9.48 Å². The average Bonchev–Trinajstić information content (AvgIpc) is 2.79. The number of hydrogen-bond donors (Lipinski definition) is 0. The van der Waals surface area contributed by atoms with Gasteiger partial charge in [0.1, 0.15) is 5.78 Å². The molecule has 1 aliphatic rings. The van der Waals surface area contributed by atoms with E-state index in [1.807, 2.05) is 29.9 Å². The minimum Gasteiger partial charge on any atom is -0.298 e. The molecule has 3 nitrogen and oxygen atoms in total. The van der Waals surface area contributed by atoms with Crippen LogP contribution in [0.5, 0.6) is 0 Å². The Balaban J connectivity index is 1.85. The normalized spacial score (nSPS) is 16.5. The van der Waals surface area contributed by atoms with E-state index < -0.39 is 0 Å². The molecule has 0 amide bonds. The van der Waals surface area contributed by atoms with E-state index in [9.17, 15) is 4.79 Å². The number of carbonyl (C=O) groups is 1. The van der Waals surface area contributed by atoms with Crippen molar-refractivity contribution in [2.45, 2.75) is 44.4 Å². The van der Waals surface area contributed by atoms with Gasteiger partial charge in [0.2, 0.25) is 0 Å². The first kappa shape index (κ1) is 14.1. The molecule has 3 rings (SSSR count). The van der Waals surface area contributed by atoms with E-state index in [0.29, 0.717) is 12.2 Å². The van der Waals surface area contributed by atoms with Gasteiger partial charge in [-0.1, -0.05) is 43.7 Å². The molecule has 110 valence electrons. The predicted molar refractivity (Wildman–Crippen MR) is 83.3 cm³/mol. The maximum Gasteiger partial charge on any atom is 0.149 e. The Morgan fingerprint density at radius 3 is 2.52 bits per heavy atom. The SMILES string of the molecule is CCc1cc(CC(=O)C2(c3ccccc3)CCC2)n(C)n1. The average molecular weight is 282 g/mol. The Morgan fingerprint density at radius 1 is 1.29 bits per heavy atom. The van der Waals surface area contributed by atoms with Gasteiger partial charge < -0.3 is 0 Å². The summed E-state index contributed by atoms with van der Waals surface area (Å²) in [7, 11) is 1.93. The largest absolute Gasteiger partial charge is 0.298 e. The van der Waals surface area contributed by atoms with E-state index in [2.05, 4.69) is 30.2 Å². The van der Waals surface area contributed by atoms with Gasteiger partial charge in [-0.25, -0.2) is 0 Å². The van der Waals surface area contributed by atoms with E-state index in [4.69, 9.17) is 0 Å². The number of nitrogens with zero attached hydrogens (tertiary/aromatic N) is 2. The van der Waals surface area contributed by atoms with Gasteiger partial charge in [-0.15, -0.1) is 0 Å². The molecule has 1 fully saturated rings. The summed E-state index contributed by atoms with van der Waals surface area (Å²) in [6.07, 6.45) is 4.50. The molecule has 0 N–H and O–H groups in total. The number of benzene rings is 1. The second kappa shape index (κ2) is 5.47. The van der Waals surface area contributed by atoms with Crippen LogP contribution in [0.3, 0.4) is 0 Å². The van der Waals surface area contributed by atoms with E-state index in [1.165, 1.54) is 5.56 Å². The summed E-state index contributed by atoms with van der Waals surface area (Å²) in [5.41, 5.74) is 3.01. The van der Waals surface area contributed by atoms with E-state index >= 15 is 0 Å². The molecule has 1 heterocycles. The van der Waals surface area contributed by atoms with Crippen LogP contribution < -0.4 is 0 Å². The molecule has 0 aliphatic heterocycles. The number of ketones is 1. The second-order valence-electron chi connectivity index (χ2n) is 6.01. The van der Waals surface area contributed by atoms with Crippen LogP contribution in [0, 0.1) is 0 Å². The zero-order valence-electron chi connectivity index (χ0n) is 12.8. The van der Waals surface area contributed by atoms with Crippen molar-refractivity contribution in [3.8, 4) is 0 Å². The van der Waals surface area contributed by atoms with Crippen LogP contribution in [0.25, 0.3) is 0 Å². The smallest absolute Gasteiger partial charge is 0.149 e. The number of aromatic nitrogens is 2. The monoisotopic (exact) mass is 282 g/mol. The molecular formula is C18H22N2O. The second-order valence-corrected chi connectivity index (χ2v) is 6.01. The lowest BCUT2D eigenvalue weighted by Gasteiger charge is -2.41. The first-order chi connectivity index (χ1) is 10.2. The maximum absolute atomic E-state index is 12.9. The Kier molecular flexibility index (Phi) is 3.66. The number of rotatable bonds is 5. The fourth-order valence-electron chi connectivity index (χ4n) is 3.26. The molecule has 0 atom stereocenters. The number of hydrogen-bond acceptors (Lipinski definition) is 2. The van der Waals surface area contributed by atoms with Crippen molar-refractivity contribution in [2.75, 3.05) is 0 Å². The summed E-state index contributed by atoms with van der Waals surface area (Å²) in [6, 6.07) is 12.3. The zero-order chi connectivity index (χ0) is 14.9. The van der Waals surface area contributed by atoms with Crippen molar-refractivity contribution < 1.29 is 4.79 Å². The van der Waals surface area contributed by atoms with Crippen LogP contribution in [0.1, 0.15) is 43.1 Å². The standard InChI is InChI=1S/C18H22N2O/c1-3-15-12-16(20(2)19-15)13-17(21)18(10-7-11-18)14-8-5-4-6-9-14/h4-6,8-9,12H,3,7,10-11,13H2,1-2H3. The summed E-state index contributed by atoms with van der Waals surface area (Å²) >= 11 is 0. The first-order valence-corrected chi connectivity index (χ1v) is 7.76. The van der Waals surface area contributed by atoms with E-state index in [-0.39, 0.29) is 5.41 Å². The van der Waals surface area contributed by atoms with Crippen LogP contribution in [-0.2, 0) is 30.1 Å². The highest BCUT2D eigenvalue weighted by molar-refractivity contribution is 5.92. The fraction of sp³-hybridized carbons (Fsp3) is 0.444. The highest BCUT2D eigenvalue weighted by atomic mass is 16.1. The quantitative estimate of drug-likeness (QED) is 0.844. The van der Waals surface area contributed by atoms with Crippen molar-refractivity contribution in [2.24, 2.45) is 7.05 Å². The summed E-state index contributed by atoms with van der Waals surface area (Å²) in [4.78, 5) is 12.9. The maximum atomic E-state index is 12.9. The zero-order valence-corrected chi connectivity index (χ0v) is 12.8. The van der Waals surface area contributed by atoms with Crippen LogP contribution >= 0.6 is 0 Å². The Hall–Kier alpha value is -1.90. The third-order valence-electron chi connectivity index (χ3n) is 4.80. The molecule has 0 bridgehead atoms. The van der Waals surface area contributed by atoms with Crippen LogP contribution in [0.2, 0.25) is 0 Å². The fourth-order valence-corrected chi connectivity index (χ4v) is 3.26. The molecule has 0 radical (unpaired) electrons. The molecule has 1 aromatic heterocycles. The van der Waals surface area contributed by atoms with Gasteiger partial charge in [-0.05, 0) is 30.9 Å². The van der Waals surface area contributed by atoms with Gasteiger partial charge >= 0.3 is 0 Å². The lowest BCUT2D eigenvalue weighted by Crippen LogP contribution is -2.43. The Bertz CT molecular complexity index is 638. The van der Waals surface area contributed by atoms with E-state index in [0.717, 1.165) is 37.1 Å². The minimum atomic E-state index is -0.252. The van der Waals surface area contributed by atoms with Crippen molar-refractivity contribution >= 4 is 5.78 Å². The topological polar surface area (TPSA) is 34.9 Å². The lowest BCUT2D eigenvalue weighted by atomic mass is 9.61. The molecule has 0 saturated heterocycles. The molecule has 3 heteroatoms. The summed E-state index contributed by atoms with van der Waals surface area (Å²) in [6.45, 7) is 2.09.